The third kappa shape index (κ3) is 4.46. The van der Waals surface area contributed by atoms with Crippen LogP contribution in [0.25, 0.3) is 5.76 Å². The van der Waals surface area contributed by atoms with Crippen LogP contribution in [0.15, 0.2) is 35.2 Å². The predicted octanol–water partition coefficient (Wildman–Crippen LogP) is 5.08. The fourth-order valence-corrected chi connectivity index (χ4v) is 4.80. The first-order chi connectivity index (χ1) is 14.9. The van der Waals surface area contributed by atoms with Gasteiger partial charge in [-0.05, 0) is 56.3 Å². The molecule has 7 heteroatoms. The second kappa shape index (κ2) is 10.0. The molecule has 1 saturated heterocycles. The van der Waals surface area contributed by atoms with Gasteiger partial charge in [-0.2, -0.15) is 0 Å². The van der Waals surface area contributed by atoms with Crippen LogP contribution in [-0.4, -0.2) is 41.5 Å². The minimum Gasteiger partial charge on any atom is -0.507 e. The maximum Gasteiger partial charge on any atom is 0.295 e. The van der Waals surface area contributed by atoms with Crippen LogP contribution in [0.1, 0.15) is 55.7 Å². The highest BCUT2D eigenvalue weighted by Gasteiger charge is 2.47. The van der Waals surface area contributed by atoms with E-state index >= 15 is 0 Å². The number of unbranched alkanes of at least 4 members (excludes halogenated alkanes) is 1. The van der Waals surface area contributed by atoms with Crippen LogP contribution < -0.4 is 9.47 Å². The van der Waals surface area contributed by atoms with E-state index in [1.165, 1.54) is 11.3 Å². The number of benzene rings is 1. The largest absolute Gasteiger partial charge is 0.507 e. The molecule has 1 aliphatic rings. The van der Waals surface area contributed by atoms with E-state index in [0.717, 1.165) is 23.3 Å². The number of carbonyl (C=O) groups excluding carboxylic acids is 2. The van der Waals surface area contributed by atoms with Gasteiger partial charge in [0.05, 0.1) is 30.4 Å². The number of Topliss-reactive ketones (excluding diaryl/α,β-unsaturated/α-hetero) is 1. The van der Waals surface area contributed by atoms with Crippen molar-refractivity contribution in [2.24, 2.45) is 0 Å². The highest BCUT2D eigenvalue weighted by Crippen LogP contribution is 2.44. The van der Waals surface area contributed by atoms with Gasteiger partial charge >= 0.3 is 0 Å². The van der Waals surface area contributed by atoms with Gasteiger partial charge in [0, 0.05) is 17.5 Å². The molecule has 0 spiro atoms. The number of aryl methyl sites for hydroxylation is 1. The molecule has 166 valence electrons. The average Bonchev–Trinajstić information content (AvgIpc) is 3.27. The number of rotatable bonds is 9. The molecular weight excluding hydrogens is 414 g/mol. The molecule has 1 N–H and O–H groups in total. The van der Waals surface area contributed by atoms with Crippen LogP contribution in [0, 0.1) is 6.92 Å². The molecule has 0 aliphatic carbocycles. The lowest BCUT2D eigenvalue weighted by Crippen LogP contribution is -2.30. The number of aliphatic hydroxyl groups is 1. The SMILES string of the molecule is CCCCN1C(=O)C(=O)/C(=C(/O)c2ccc(OCC)cc2OCC)C1c1sccc1C. The topological polar surface area (TPSA) is 76.1 Å². The lowest BCUT2D eigenvalue weighted by Gasteiger charge is -2.25. The van der Waals surface area contributed by atoms with Gasteiger partial charge in [0.1, 0.15) is 17.3 Å². The Hall–Kier alpha value is -2.80. The summed E-state index contributed by atoms with van der Waals surface area (Å²) in [4.78, 5) is 28.5. The van der Waals surface area contributed by atoms with Gasteiger partial charge in [0.25, 0.3) is 11.7 Å². The summed E-state index contributed by atoms with van der Waals surface area (Å²) in [6.45, 7) is 9.06. The number of aliphatic hydroxyl groups excluding tert-OH is 1. The number of amides is 1. The van der Waals surface area contributed by atoms with Gasteiger partial charge in [-0.1, -0.05) is 13.3 Å². The fraction of sp³-hybridized carbons (Fsp3) is 0.417. The van der Waals surface area contributed by atoms with Crippen LogP contribution in [0.5, 0.6) is 11.5 Å². The lowest BCUT2D eigenvalue weighted by molar-refractivity contribution is -0.139. The summed E-state index contributed by atoms with van der Waals surface area (Å²) in [5.74, 6) is -0.440. The zero-order valence-electron chi connectivity index (χ0n) is 18.4. The summed E-state index contributed by atoms with van der Waals surface area (Å²) >= 11 is 1.49. The molecule has 1 unspecified atom stereocenters. The predicted molar refractivity (Wildman–Crippen MR) is 122 cm³/mol. The first-order valence-electron chi connectivity index (χ1n) is 10.7. The number of ether oxygens (including phenoxy) is 2. The average molecular weight is 444 g/mol. The van der Waals surface area contributed by atoms with Crippen LogP contribution in [0.3, 0.4) is 0 Å². The van der Waals surface area contributed by atoms with Crippen molar-refractivity contribution in [3.8, 4) is 11.5 Å². The zero-order chi connectivity index (χ0) is 22.5. The number of ketones is 1. The van der Waals surface area contributed by atoms with E-state index < -0.39 is 17.7 Å². The minimum atomic E-state index is -0.664. The first kappa shape index (κ1) is 22.9. The number of likely N-dealkylation sites (tertiary alicyclic amines) is 1. The molecule has 2 aromatic rings. The molecule has 6 nitrogen and oxygen atoms in total. The standard InChI is InChI=1S/C24H29NO5S/c1-5-8-12-25-20(23-15(4)11-13-31-23)19(22(27)24(25)28)21(26)17-10-9-16(29-6-2)14-18(17)30-7-3/h9-11,13-14,20,26H,5-8,12H2,1-4H3/b21-19+. The summed E-state index contributed by atoms with van der Waals surface area (Å²) in [7, 11) is 0. The van der Waals surface area contributed by atoms with E-state index in [4.69, 9.17) is 9.47 Å². The van der Waals surface area contributed by atoms with Crippen molar-refractivity contribution in [2.75, 3.05) is 19.8 Å². The number of carbonyl (C=O) groups is 2. The molecule has 3 rings (SSSR count). The summed E-state index contributed by atoms with van der Waals surface area (Å²) in [5, 5.41) is 13.2. The Bertz CT molecular complexity index is 994. The monoisotopic (exact) mass is 443 g/mol. The Labute approximate surface area is 187 Å². The van der Waals surface area contributed by atoms with Crippen molar-refractivity contribution in [1.82, 2.24) is 4.90 Å². The Morgan fingerprint density at radius 2 is 1.87 bits per heavy atom. The molecule has 1 aliphatic heterocycles. The Kier molecular flexibility index (Phi) is 7.38. The van der Waals surface area contributed by atoms with Gasteiger partial charge in [-0.25, -0.2) is 0 Å². The van der Waals surface area contributed by atoms with Crippen molar-refractivity contribution in [3.63, 3.8) is 0 Å². The molecule has 2 heterocycles. The summed E-state index contributed by atoms with van der Waals surface area (Å²) in [5.41, 5.74) is 1.47. The maximum atomic E-state index is 13.1. The number of hydrogen-bond acceptors (Lipinski definition) is 6. The summed E-state index contributed by atoms with van der Waals surface area (Å²) in [6, 6.07) is 6.44. The van der Waals surface area contributed by atoms with Crippen molar-refractivity contribution < 1.29 is 24.2 Å². The second-order valence-electron chi connectivity index (χ2n) is 7.34. The summed E-state index contributed by atoms with van der Waals surface area (Å²) < 4.78 is 11.3. The van der Waals surface area contributed by atoms with Crippen molar-refractivity contribution in [3.05, 3.63) is 51.2 Å². The van der Waals surface area contributed by atoms with Crippen LogP contribution in [0.4, 0.5) is 0 Å². The van der Waals surface area contributed by atoms with E-state index in [-0.39, 0.29) is 11.3 Å². The van der Waals surface area contributed by atoms with Gasteiger partial charge in [0.15, 0.2) is 0 Å². The van der Waals surface area contributed by atoms with E-state index in [1.54, 1.807) is 23.1 Å². The van der Waals surface area contributed by atoms with E-state index in [0.29, 0.717) is 36.8 Å². The van der Waals surface area contributed by atoms with Gasteiger partial charge in [-0.3, -0.25) is 9.59 Å². The van der Waals surface area contributed by atoms with Gasteiger partial charge in [0.2, 0.25) is 0 Å². The number of thiophene rings is 1. The zero-order valence-corrected chi connectivity index (χ0v) is 19.3. The Balaban J connectivity index is 2.18. The highest BCUT2D eigenvalue weighted by molar-refractivity contribution is 7.10. The molecule has 1 amide bonds. The molecule has 1 atom stereocenters. The number of nitrogens with zero attached hydrogens (tertiary/aromatic N) is 1. The fourth-order valence-electron chi connectivity index (χ4n) is 3.75. The first-order valence-corrected chi connectivity index (χ1v) is 11.5. The van der Waals surface area contributed by atoms with Gasteiger partial charge in [-0.15, -0.1) is 11.3 Å². The molecule has 1 fully saturated rings. The molecule has 31 heavy (non-hydrogen) atoms. The van der Waals surface area contributed by atoms with Crippen LogP contribution in [-0.2, 0) is 9.59 Å². The molecular formula is C24H29NO5S. The third-order valence-corrected chi connectivity index (χ3v) is 6.33. The van der Waals surface area contributed by atoms with Crippen molar-refractivity contribution in [1.29, 1.82) is 0 Å². The van der Waals surface area contributed by atoms with E-state index in [2.05, 4.69) is 0 Å². The van der Waals surface area contributed by atoms with Gasteiger partial charge < -0.3 is 19.5 Å². The molecule has 0 bridgehead atoms. The quantitative estimate of drug-likeness (QED) is 0.332. The third-order valence-electron chi connectivity index (χ3n) is 5.26. The number of hydrogen-bond donors (Lipinski definition) is 1. The highest BCUT2D eigenvalue weighted by atomic mass is 32.1. The molecule has 0 saturated carbocycles. The lowest BCUT2D eigenvalue weighted by atomic mass is 9.97. The second-order valence-corrected chi connectivity index (χ2v) is 8.29. The molecule has 1 aromatic heterocycles. The van der Waals surface area contributed by atoms with Crippen LogP contribution in [0.2, 0.25) is 0 Å². The molecule has 0 radical (unpaired) electrons. The Morgan fingerprint density at radius 1 is 1.13 bits per heavy atom. The summed E-state index contributed by atoms with van der Waals surface area (Å²) in [6.07, 6.45) is 1.67. The normalized spacial score (nSPS) is 17.9. The van der Waals surface area contributed by atoms with Crippen molar-refractivity contribution >= 4 is 28.8 Å². The van der Waals surface area contributed by atoms with E-state index in [1.807, 2.05) is 39.1 Å². The van der Waals surface area contributed by atoms with Crippen LogP contribution >= 0.6 is 11.3 Å². The van der Waals surface area contributed by atoms with Crippen molar-refractivity contribution in [2.45, 2.75) is 46.6 Å². The minimum absolute atomic E-state index is 0.108. The molecule has 1 aromatic carbocycles. The van der Waals surface area contributed by atoms with E-state index in [9.17, 15) is 14.7 Å². The maximum absolute atomic E-state index is 13.1. The Morgan fingerprint density at radius 3 is 2.48 bits per heavy atom. The smallest absolute Gasteiger partial charge is 0.295 e.